The van der Waals surface area contributed by atoms with Crippen LogP contribution in [0, 0.1) is 0 Å². The lowest BCUT2D eigenvalue weighted by atomic mass is 10.1. The highest BCUT2D eigenvalue weighted by Gasteiger charge is 2.38. The second-order valence-electron chi connectivity index (χ2n) is 4.61. The van der Waals surface area contributed by atoms with Crippen molar-refractivity contribution in [2.45, 2.75) is 32.0 Å². The number of hydrogen-bond acceptors (Lipinski definition) is 3. The van der Waals surface area contributed by atoms with Crippen LogP contribution in [0.1, 0.15) is 18.9 Å². The molecule has 2 atom stereocenters. The molecule has 0 aliphatic carbocycles. The molecule has 96 valence electrons. The average molecular weight is 246 g/mol. The van der Waals surface area contributed by atoms with Crippen LogP contribution in [0.25, 0.3) is 0 Å². The molecule has 0 N–H and O–H groups in total. The number of carbonyl (C=O) groups is 1. The second kappa shape index (κ2) is 5.83. The van der Waals surface area contributed by atoms with Crippen LogP contribution in [-0.4, -0.2) is 24.8 Å². The summed E-state index contributed by atoms with van der Waals surface area (Å²) in [6.45, 7) is 5.58. The van der Waals surface area contributed by atoms with Gasteiger partial charge in [-0.3, -0.25) is 0 Å². The van der Waals surface area contributed by atoms with E-state index in [-0.39, 0.29) is 18.2 Å². The van der Waals surface area contributed by atoms with E-state index in [4.69, 9.17) is 9.47 Å². The fourth-order valence-electron chi connectivity index (χ4n) is 1.85. The van der Waals surface area contributed by atoms with Crippen LogP contribution in [0.2, 0.25) is 0 Å². The molecule has 1 aliphatic rings. The Labute approximate surface area is 107 Å². The summed E-state index contributed by atoms with van der Waals surface area (Å²) < 4.78 is 10.6. The van der Waals surface area contributed by atoms with Gasteiger partial charge >= 0.3 is 5.97 Å². The molecule has 0 amide bonds. The van der Waals surface area contributed by atoms with E-state index in [1.54, 1.807) is 6.92 Å². The summed E-state index contributed by atoms with van der Waals surface area (Å²) in [5.74, 6) is -0.324. The molecular weight excluding hydrogens is 228 g/mol. The molecule has 18 heavy (non-hydrogen) atoms. The summed E-state index contributed by atoms with van der Waals surface area (Å²) in [5.41, 5.74) is 1.72. The van der Waals surface area contributed by atoms with Gasteiger partial charge in [0.15, 0.2) is 0 Å². The first kappa shape index (κ1) is 12.8. The van der Waals surface area contributed by atoms with Crippen LogP contribution in [0.3, 0.4) is 0 Å². The number of epoxide rings is 1. The van der Waals surface area contributed by atoms with Gasteiger partial charge in [0.2, 0.25) is 0 Å². The van der Waals surface area contributed by atoms with E-state index in [1.165, 1.54) is 5.56 Å². The van der Waals surface area contributed by atoms with Gasteiger partial charge in [-0.05, 0) is 12.5 Å². The van der Waals surface area contributed by atoms with Gasteiger partial charge in [-0.25, -0.2) is 4.79 Å². The van der Waals surface area contributed by atoms with E-state index >= 15 is 0 Å². The fourth-order valence-corrected chi connectivity index (χ4v) is 1.85. The minimum Gasteiger partial charge on any atom is -0.462 e. The van der Waals surface area contributed by atoms with Crippen molar-refractivity contribution in [2.24, 2.45) is 0 Å². The third kappa shape index (κ3) is 3.70. The molecule has 1 aromatic carbocycles. The molecular formula is C15H18O3. The van der Waals surface area contributed by atoms with Crippen molar-refractivity contribution >= 4 is 5.97 Å². The Hall–Kier alpha value is -1.61. The van der Waals surface area contributed by atoms with E-state index < -0.39 is 0 Å². The number of benzene rings is 1. The lowest BCUT2D eigenvalue weighted by Crippen LogP contribution is -2.09. The van der Waals surface area contributed by atoms with E-state index in [0.717, 1.165) is 12.8 Å². The van der Waals surface area contributed by atoms with Gasteiger partial charge in [0.05, 0.1) is 18.8 Å². The van der Waals surface area contributed by atoms with Crippen molar-refractivity contribution in [3.8, 4) is 0 Å². The van der Waals surface area contributed by atoms with E-state index in [9.17, 15) is 4.79 Å². The van der Waals surface area contributed by atoms with Crippen molar-refractivity contribution in [2.75, 3.05) is 6.61 Å². The van der Waals surface area contributed by atoms with Crippen LogP contribution >= 0.6 is 0 Å². The SMILES string of the molecule is C=C(C)C(=O)OCCC1OC1Cc1ccccc1. The number of ether oxygens (including phenoxy) is 2. The van der Waals surface area contributed by atoms with Gasteiger partial charge in [0.1, 0.15) is 0 Å². The lowest BCUT2D eigenvalue weighted by Gasteiger charge is -2.02. The van der Waals surface area contributed by atoms with Gasteiger partial charge in [-0.15, -0.1) is 0 Å². The predicted molar refractivity (Wildman–Crippen MR) is 69.2 cm³/mol. The Morgan fingerprint density at radius 3 is 2.72 bits per heavy atom. The van der Waals surface area contributed by atoms with Crippen molar-refractivity contribution in [1.29, 1.82) is 0 Å². The van der Waals surface area contributed by atoms with Crippen LogP contribution < -0.4 is 0 Å². The summed E-state index contributed by atoms with van der Waals surface area (Å²) in [4.78, 5) is 11.2. The van der Waals surface area contributed by atoms with Gasteiger partial charge in [0.25, 0.3) is 0 Å². The minimum atomic E-state index is -0.324. The molecule has 2 rings (SSSR count). The normalized spacial score (nSPS) is 21.4. The Morgan fingerprint density at radius 2 is 2.06 bits per heavy atom. The summed E-state index contributed by atoms with van der Waals surface area (Å²) in [6.07, 6.45) is 2.19. The maximum atomic E-state index is 11.2. The third-order valence-electron chi connectivity index (χ3n) is 2.95. The molecule has 1 heterocycles. The summed E-state index contributed by atoms with van der Waals surface area (Å²) in [5, 5.41) is 0. The predicted octanol–water partition coefficient (Wildman–Crippen LogP) is 2.51. The Balaban J connectivity index is 1.64. The topological polar surface area (TPSA) is 38.8 Å². The molecule has 1 aliphatic heterocycles. The first-order valence-electron chi connectivity index (χ1n) is 6.19. The standard InChI is InChI=1S/C15H18O3/c1-11(2)15(16)17-9-8-13-14(18-13)10-12-6-4-3-5-7-12/h3-7,13-14H,1,8-10H2,2H3. The molecule has 3 heteroatoms. The number of carbonyl (C=O) groups excluding carboxylic acids is 1. The van der Waals surface area contributed by atoms with Gasteiger partial charge in [0, 0.05) is 18.4 Å². The Morgan fingerprint density at radius 1 is 1.33 bits per heavy atom. The molecule has 3 nitrogen and oxygen atoms in total. The molecule has 1 aromatic rings. The Bertz CT molecular complexity index is 425. The van der Waals surface area contributed by atoms with Gasteiger partial charge in [-0.2, -0.15) is 0 Å². The molecule has 1 saturated heterocycles. The molecule has 0 saturated carbocycles. The monoisotopic (exact) mass is 246 g/mol. The largest absolute Gasteiger partial charge is 0.462 e. The first-order valence-corrected chi connectivity index (χ1v) is 6.19. The van der Waals surface area contributed by atoms with Crippen molar-refractivity contribution in [3.63, 3.8) is 0 Å². The van der Waals surface area contributed by atoms with Crippen molar-refractivity contribution in [1.82, 2.24) is 0 Å². The summed E-state index contributed by atoms with van der Waals surface area (Å²) in [6, 6.07) is 10.3. The fraction of sp³-hybridized carbons (Fsp3) is 0.400. The zero-order chi connectivity index (χ0) is 13.0. The van der Waals surface area contributed by atoms with Crippen LogP contribution in [0.5, 0.6) is 0 Å². The van der Waals surface area contributed by atoms with Crippen molar-refractivity contribution in [3.05, 3.63) is 48.0 Å². The highest BCUT2D eigenvalue weighted by molar-refractivity contribution is 5.86. The smallest absolute Gasteiger partial charge is 0.333 e. The van der Waals surface area contributed by atoms with Gasteiger partial charge in [-0.1, -0.05) is 36.9 Å². The zero-order valence-electron chi connectivity index (χ0n) is 10.6. The van der Waals surface area contributed by atoms with E-state index in [1.807, 2.05) is 18.2 Å². The molecule has 0 bridgehead atoms. The minimum absolute atomic E-state index is 0.225. The maximum Gasteiger partial charge on any atom is 0.333 e. The number of esters is 1. The van der Waals surface area contributed by atoms with E-state index in [2.05, 4.69) is 18.7 Å². The second-order valence-corrected chi connectivity index (χ2v) is 4.61. The van der Waals surface area contributed by atoms with Crippen molar-refractivity contribution < 1.29 is 14.3 Å². The van der Waals surface area contributed by atoms with E-state index in [0.29, 0.717) is 12.2 Å². The third-order valence-corrected chi connectivity index (χ3v) is 2.95. The molecule has 0 radical (unpaired) electrons. The quantitative estimate of drug-likeness (QED) is 0.440. The highest BCUT2D eigenvalue weighted by Crippen LogP contribution is 2.28. The number of rotatable bonds is 6. The summed E-state index contributed by atoms with van der Waals surface area (Å²) >= 11 is 0. The molecule has 1 fully saturated rings. The van der Waals surface area contributed by atoms with Crippen LogP contribution in [0.15, 0.2) is 42.5 Å². The van der Waals surface area contributed by atoms with Crippen LogP contribution in [-0.2, 0) is 20.7 Å². The maximum absolute atomic E-state index is 11.2. The van der Waals surface area contributed by atoms with Gasteiger partial charge < -0.3 is 9.47 Å². The van der Waals surface area contributed by atoms with Crippen LogP contribution in [0.4, 0.5) is 0 Å². The lowest BCUT2D eigenvalue weighted by molar-refractivity contribution is -0.139. The molecule has 0 aromatic heterocycles. The average Bonchev–Trinajstić information content (AvgIpc) is 3.08. The Kier molecular flexibility index (Phi) is 4.15. The summed E-state index contributed by atoms with van der Waals surface area (Å²) in [7, 11) is 0. The molecule has 0 spiro atoms. The first-order chi connectivity index (χ1) is 8.66. The zero-order valence-corrected chi connectivity index (χ0v) is 10.6. The number of hydrogen-bond donors (Lipinski definition) is 0. The highest BCUT2D eigenvalue weighted by atomic mass is 16.6. The molecule has 2 unspecified atom stereocenters.